The Labute approximate surface area is 127 Å². The van der Waals surface area contributed by atoms with Gasteiger partial charge in [-0.2, -0.15) is 0 Å². The molecule has 5 nitrogen and oxygen atoms in total. The van der Waals surface area contributed by atoms with Crippen molar-refractivity contribution >= 4 is 22.7 Å². The zero-order valence-electron chi connectivity index (χ0n) is 12.4. The van der Waals surface area contributed by atoms with Crippen molar-refractivity contribution < 1.29 is 9.59 Å². The number of fused-ring (bicyclic) bond motifs is 4. The molecular weight excluding hydrogens is 278 g/mol. The Kier molecular flexibility index (Phi) is 2.60. The van der Waals surface area contributed by atoms with Crippen LogP contribution in [-0.4, -0.2) is 38.9 Å². The van der Waals surface area contributed by atoms with Gasteiger partial charge in [0.25, 0.3) is 11.8 Å². The highest BCUT2D eigenvalue weighted by atomic mass is 16.2. The van der Waals surface area contributed by atoms with E-state index < -0.39 is 0 Å². The molecule has 0 atom stereocenters. The van der Waals surface area contributed by atoms with E-state index in [4.69, 9.17) is 0 Å². The van der Waals surface area contributed by atoms with Gasteiger partial charge in [-0.1, -0.05) is 18.2 Å². The van der Waals surface area contributed by atoms with Gasteiger partial charge in [0.05, 0.1) is 11.2 Å². The molecule has 0 N–H and O–H groups in total. The van der Waals surface area contributed by atoms with Crippen LogP contribution in [0.1, 0.15) is 29.1 Å². The van der Waals surface area contributed by atoms with Crippen LogP contribution in [0.15, 0.2) is 36.5 Å². The summed E-state index contributed by atoms with van der Waals surface area (Å²) >= 11 is 0. The lowest BCUT2D eigenvalue weighted by molar-refractivity contribution is 0.0571. The van der Waals surface area contributed by atoms with Crippen molar-refractivity contribution in [1.29, 1.82) is 0 Å². The maximum atomic E-state index is 12.6. The van der Waals surface area contributed by atoms with E-state index in [0.717, 1.165) is 22.2 Å². The van der Waals surface area contributed by atoms with Crippen molar-refractivity contribution in [2.75, 3.05) is 6.54 Å². The van der Waals surface area contributed by atoms with Crippen molar-refractivity contribution in [2.45, 2.75) is 19.9 Å². The number of carbonyl (C=O) groups is 2. The molecule has 0 radical (unpaired) electrons. The van der Waals surface area contributed by atoms with Crippen LogP contribution >= 0.6 is 0 Å². The quantitative estimate of drug-likeness (QED) is 0.693. The summed E-state index contributed by atoms with van der Waals surface area (Å²) < 4.78 is 1.44. The number of hydrogen-bond acceptors (Lipinski definition) is 3. The maximum Gasteiger partial charge on any atom is 0.271 e. The van der Waals surface area contributed by atoms with Crippen molar-refractivity contribution in [3.8, 4) is 11.3 Å². The zero-order valence-corrected chi connectivity index (χ0v) is 12.4. The molecule has 22 heavy (non-hydrogen) atoms. The Morgan fingerprint density at radius 3 is 2.73 bits per heavy atom. The normalized spacial score (nSPS) is 15.1. The SMILES string of the molecule is CC(C)N1CC(=O)n2cc3nc4ccccc4c-3cc2C1=O. The van der Waals surface area contributed by atoms with Gasteiger partial charge < -0.3 is 4.90 Å². The van der Waals surface area contributed by atoms with Gasteiger partial charge in [-0.3, -0.25) is 14.2 Å². The molecule has 0 saturated carbocycles. The van der Waals surface area contributed by atoms with Crippen LogP contribution < -0.4 is 0 Å². The first-order valence-corrected chi connectivity index (χ1v) is 7.31. The zero-order chi connectivity index (χ0) is 15.4. The molecule has 3 aliphatic heterocycles. The van der Waals surface area contributed by atoms with Gasteiger partial charge >= 0.3 is 0 Å². The van der Waals surface area contributed by atoms with Crippen LogP contribution in [-0.2, 0) is 0 Å². The lowest BCUT2D eigenvalue weighted by Gasteiger charge is -2.32. The summed E-state index contributed by atoms with van der Waals surface area (Å²) in [5.74, 6) is -0.209. The van der Waals surface area contributed by atoms with Gasteiger partial charge in [0, 0.05) is 23.2 Å². The molecule has 0 fully saturated rings. The van der Waals surface area contributed by atoms with Gasteiger partial charge in [0.15, 0.2) is 0 Å². The molecule has 110 valence electrons. The summed E-state index contributed by atoms with van der Waals surface area (Å²) in [6.45, 7) is 3.94. The van der Waals surface area contributed by atoms with Crippen molar-refractivity contribution in [2.24, 2.45) is 0 Å². The number of aromatic nitrogens is 2. The first kappa shape index (κ1) is 13.0. The molecule has 0 bridgehead atoms. The van der Waals surface area contributed by atoms with Crippen LogP contribution in [0.25, 0.3) is 22.2 Å². The first-order valence-electron chi connectivity index (χ1n) is 7.31. The summed E-state index contributed by atoms with van der Waals surface area (Å²) in [6.07, 6.45) is 1.68. The van der Waals surface area contributed by atoms with Gasteiger partial charge in [-0.25, -0.2) is 4.98 Å². The fourth-order valence-corrected chi connectivity index (χ4v) is 3.00. The van der Waals surface area contributed by atoms with E-state index in [1.807, 2.05) is 38.1 Å². The molecule has 4 rings (SSSR count). The smallest absolute Gasteiger partial charge is 0.271 e. The molecule has 1 aromatic carbocycles. The molecule has 0 aliphatic carbocycles. The fraction of sp³-hybridized carbons (Fsp3) is 0.235. The molecular formula is C17H15N3O2. The van der Waals surface area contributed by atoms with Crippen molar-refractivity contribution in [1.82, 2.24) is 14.5 Å². The van der Waals surface area contributed by atoms with Gasteiger partial charge in [-0.15, -0.1) is 0 Å². The Bertz CT molecular complexity index is 894. The van der Waals surface area contributed by atoms with Crippen LogP contribution in [0.5, 0.6) is 0 Å². The second-order valence-corrected chi connectivity index (χ2v) is 5.88. The second kappa shape index (κ2) is 4.40. The summed E-state index contributed by atoms with van der Waals surface area (Å²) in [4.78, 5) is 31.1. The monoisotopic (exact) mass is 293 g/mol. The Morgan fingerprint density at radius 2 is 1.95 bits per heavy atom. The molecule has 3 heterocycles. The van der Waals surface area contributed by atoms with Gasteiger partial charge in [0.1, 0.15) is 12.2 Å². The topological polar surface area (TPSA) is 55.2 Å². The van der Waals surface area contributed by atoms with E-state index in [0.29, 0.717) is 5.69 Å². The maximum absolute atomic E-state index is 12.6. The summed E-state index contributed by atoms with van der Waals surface area (Å²) in [7, 11) is 0. The molecule has 0 spiro atoms. The van der Waals surface area contributed by atoms with Crippen molar-refractivity contribution in [3.05, 3.63) is 42.2 Å². The lowest BCUT2D eigenvalue weighted by Crippen LogP contribution is -2.48. The minimum atomic E-state index is -0.109. The number of amides is 1. The molecule has 0 aromatic heterocycles. The average molecular weight is 293 g/mol. The molecule has 0 unspecified atom stereocenters. The molecule has 1 amide bonds. The molecule has 3 aliphatic rings. The number of benzene rings is 1. The fourth-order valence-electron chi connectivity index (χ4n) is 3.00. The van der Waals surface area contributed by atoms with E-state index >= 15 is 0 Å². The van der Waals surface area contributed by atoms with Crippen LogP contribution in [0.2, 0.25) is 0 Å². The van der Waals surface area contributed by atoms with Gasteiger partial charge in [0.2, 0.25) is 0 Å². The van der Waals surface area contributed by atoms with E-state index in [-0.39, 0.29) is 24.4 Å². The number of rotatable bonds is 1. The third kappa shape index (κ3) is 1.68. The predicted molar refractivity (Wildman–Crippen MR) is 83.2 cm³/mol. The summed E-state index contributed by atoms with van der Waals surface area (Å²) in [5.41, 5.74) is 2.94. The second-order valence-electron chi connectivity index (χ2n) is 5.88. The van der Waals surface area contributed by atoms with Crippen molar-refractivity contribution in [3.63, 3.8) is 0 Å². The highest BCUT2D eigenvalue weighted by molar-refractivity contribution is 6.06. The highest BCUT2D eigenvalue weighted by Crippen LogP contribution is 2.32. The van der Waals surface area contributed by atoms with E-state index in [2.05, 4.69) is 4.98 Å². The molecule has 0 saturated heterocycles. The van der Waals surface area contributed by atoms with Gasteiger partial charge in [-0.05, 0) is 26.0 Å². The van der Waals surface area contributed by atoms with E-state index in [1.165, 1.54) is 4.57 Å². The molecule has 5 heteroatoms. The number of carbonyl (C=O) groups excluding carboxylic acids is 2. The Balaban J connectivity index is 2.01. The number of hydrogen-bond donors (Lipinski definition) is 0. The van der Waals surface area contributed by atoms with E-state index in [9.17, 15) is 9.59 Å². The summed E-state index contributed by atoms with van der Waals surface area (Å²) in [5, 5.41) is 1.00. The third-order valence-electron chi connectivity index (χ3n) is 4.18. The largest absolute Gasteiger partial charge is 0.326 e. The number of para-hydroxylation sites is 1. The van der Waals surface area contributed by atoms with E-state index in [1.54, 1.807) is 17.2 Å². The summed E-state index contributed by atoms with van der Waals surface area (Å²) in [6, 6.07) is 9.58. The van der Waals surface area contributed by atoms with Crippen LogP contribution in [0, 0.1) is 0 Å². The highest BCUT2D eigenvalue weighted by Gasteiger charge is 2.32. The molecule has 1 aromatic rings. The van der Waals surface area contributed by atoms with Crippen LogP contribution in [0.4, 0.5) is 0 Å². The van der Waals surface area contributed by atoms with Crippen LogP contribution in [0.3, 0.4) is 0 Å². The standard InChI is InChI=1S/C17H15N3O2/c1-10(2)19-9-16(21)20-8-14-12(7-15(20)17(19)22)11-5-3-4-6-13(11)18-14/h3-8,10H,9H2,1-2H3. The minimum absolute atomic E-state index is 0.00423. The lowest BCUT2D eigenvalue weighted by atomic mass is 10.1. The predicted octanol–water partition coefficient (Wildman–Crippen LogP) is 2.65. The Hall–Kier alpha value is -2.69. The number of nitrogens with zero attached hydrogens (tertiary/aromatic N) is 3. The first-order chi connectivity index (χ1) is 10.6. The Morgan fingerprint density at radius 1 is 1.18 bits per heavy atom. The third-order valence-corrected chi connectivity index (χ3v) is 4.18. The number of pyridine rings is 1. The minimum Gasteiger partial charge on any atom is -0.326 e. The average Bonchev–Trinajstić information content (AvgIpc) is 2.87.